The van der Waals surface area contributed by atoms with E-state index in [2.05, 4.69) is 4.90 Å². The number of carbonyl (C=O) groups is 2. The van der Waals surface area contributed by atoms with E-state index in [0.717, 1.165) is 37.1 Å². The third-order valence-corrected chi connectivity index (χ3v) is 4.05. The lowest BCUT2D eigenvalue weighted by atomic mass is 10.1. The number of carboxylic acids is 2. The number of nitrogens with zero attached hydrogens (tertiary/aromatic N) is 1. The molecule has 0 amide bonds. The predicted octanol–water partition coefficient (Wildman–Crippen LogP) is 2.91. The van der Waals surface area contributed by atoms with Crippen LogP contribution in [-0.2, 0) is 9.59 Å². The smallest absolute Gasteiger partial charge is 0.480 e. The number of rotatable bonds is 3. The third-order valence-electron chi connectivity index (χ3n) is 3.17. The second-order valence-electron chi connectivity index (χ2n) is 4.80. The highest BCUT2D eigenvalue weighted by Gasteiger charge is 2.38. The van der Waals surface area contributed by atoms with Crippen molar-refractivity contribution in [1.82, 2.24) is 4.90 Å². The van der Waals surface area contributed by atoms with Crippen molar-refractivity contribution in [2.24, 2.45) is 0 Å². The molecular weight excluding hydrogens is 323 g/mol. The fraction of sp³-hybridized carbons (Fsp3) is 0.538. The molecule has 1 aliphatic heterocycles. The van der Waals surface area contributed by atoms with E-state index >= 15 is 0 Å². The van der Waals surface area contributed by atoms with Crippen LogP contribution in [0.25, 0.3) is 0 Å². The van der Waals surface area contributed by atoms with Gasteiger partial charge in [0.1, 0.15) is 6.04 Å². The Kier molecular flexibility index (Phi) is 6.36. The summed E-state index contributed by atoms with van der Waals surface area (Å²) in [7, 11) is 0. The molecule has 2 rings (SSSR count). The molecule has 0 bridgehead atoms. The number of thiophene rings is 1. The number of likely N-dealkylation sites (tertiary alicyclic amines) is 1. The second kappa shape index (κ2) is 7.59. The van der Waals surface area contributed by atoms with Gasteiger partial charge in [0.15, 0.2) is 0 Å². The largest absolute Gasteiger partial charge is 0.490 e. The van der Waals surface area contributed by atoms with Gasteiger partial charge in [-0.15, -0.1) is 0 Å². The molecule has 5 nitrogen and oxygen atoms in total. The SMILES string of the molecule is Cc1cscc1C(C(=O)O)N1CCCC1.O=C(O)C(F)(F)F. The third kappa shape index (κ3) is 4.99. The summed E-state index contributed by atoms with van der Waals surface area (Å²) in [6.45, 7) is 3.80. The molecule has 2 heterocycles. The Balaban J connectivity index is 0.000000295. The van der Waals surface area contributed by atoms with Crippen LogP contribution < -0.4 is 0 Å². The van der Waals surface area contributed by atoms with E-state index in [1.54, 1.807) is 11.3 Å². The van der Waals surface area contributed by atoms with E-state index in [9.17, 15) is 23.1 Å². The predicted molar refractivity (Wildman–Crippen MR) is 73.9 cm³/mol. The van der Waals surface area contributed by atoms with E-state index in [0.29, 0.717) is 0 Å². The standard InChI is InChI=1S/C11H15NO2S.C2HF3O2/c1-8-6-15-7-9(8)10(11(13)14)12-4-2-3-5-12;3-2(4,5)1(6)7/h6-7,10H,2-5H2,1H3,(H,13,14);(H,6,7). The minimum atomic E-state index is -5.08. The molecule has 1 aromatic heterocycles. The quantitative estimate of drug-likeness (QED) is 0.885. The summed E-state index contributed by atoms with van der Waals surface area (Å²) in [5, 5.41) is 20.4. The maximum Gasteiger partial charge on any atom is 0.490 e. The maximum absolute atomic E-state index is 11.3. The fourth-order valence-electron chi connectivity index (χ4n) is 2.14. The molecule has 1 unspecified atom stereocenters. The van der Waals surface area contributed by atoms with Crippen LogP contribution in [0.1, 0.15) is 30.0 Å². The Labute approximate surface area is 129 Å². The number of hydrogen-bond acceptors (Lipinski definition) is 4. The minimum Gasteiger partial charge on any atom is -0.480 e. The van der Waals surface area contributed by atoms with Crippen molar-refractivity contribution in [2.75, 3.05) is 13.1 Å². The molecule has 0 radical (unpaired) electrons. The molecule has 1 aliphatic rings. The fourth-order valence-corrected chi connectivity index (χ4v) is 3.01. The number of carboxylic acid groups (broad SMARTS) is 2. The van der Waals surface area contributed by atoms with Gasteiger partial charge in [-0.3, -0.25) is 9.69 Å². The number of aryl methyl sites for hydroxylation is 1. The van der Waals surface area contributed by atoms with Gasteiger partial charge in [-0.25, -0.2) is 4.79 Å². The van der Waals surface area contributed by atoms with Gasteiger partial charge in [0.25, 0.3) is 0 Å². The van der Waals surface area contributed by atoms with Crippen LogP contribution >= 0.6 is 11.3 Å². The van der Waals surface area contributed by atoms with Crippen LogP contribution in [0, 0.1) is 6.92 Å². The van der Waals surface area contributed by atoms with Crippen molar-refractivity contribution in [3.63, 3.8) is 0 Å². The van der Waals surface area contributed by atoms with Gasteiger partial charge >= 0.3 is 18.1 Å². The van der Waals surface area contributed by atoms with Crippen molar-refractivity contribution >= 4 is 23.3 Å². The zero-order valence-electron chi connectivity index (χ0n) is 11.8. The van der Waals surface area contributed by atoms with Gasteiger partial charge in [-0.05, 0) is 54.7 Å². The van der Waals surface area contributed by atoms with Crippen LogP contribution in [0.2, 0.25) is 0 Å². The van der Waals surface area contributed by atoms with Gasteiger partial charge in [0.05, 0.1) is 0 Å². The zero-order chi connectivity index (χ0) is 16.9. The lowest BCUT2D eigenvalue weighted by Crippen LogP contribution is -2.31. The van der Waals surface area contributed by atoms with Crippen molar-refractivity contribution in [3.8, 4) is 0 Å². The summed E-state index contributed by atoms with van der Waals surface area (Å²) >= 11 is 1.58. The normalized spacial score (nSPS) is 16.7. The lowest BCUT2D eigenvalue weighted by molar-refractivity contribution is -0.192. The molecule has 1 saturated heterocycles. The summed E-state index contributed by atoms with van der Waals surface area (Å²) in [4.78, 5) is 22.3. The van der Waals surface area contributed by atoms with E-state index in [1.165, 1.54) is 0 Å². The summed E-state index contributed by atoms with van der Waals surface area (Å²) in [5.74, 6) is -3.48. The molecule has 22 heavy (non-hydrogen) atoms. The minimum absolute atomic E-state index is 0.432. The van der Waals surface area contributed by atoms with Crippen molar-refractivity contribution < 1.29 is 33.0 Å². The molecule has 0 saturated carbocycles. The Morgan fingerprint density at radius 2 is 1.73 bits per heavy atom. The van der Waals surface area contributed by atoms with Crippen LogP contribution in [-0.4, -0.2) is 46.3 Å². The Morgan fingerprint density at radius 3 is 2.05 bits per heavy atom. The molecule has 124 valence electrons. The summed E-state index contributed by atoms with van der Waals surface area (Å²) in [6, 6.07) is -0.432. The van der Waals surface area contributed by atoms with Gasteiger partial charge in [-0.2, -0.15) is 24.5 Å². The van der Waals surface area contributed by atoms with Gasteiger partial charge in [0, 0.05) is 0 Å². The van der Waals surface area contributed by atoms with Crippen molar-refractivity contribution in [3.05, 3.63) is 21.9 Å². The maximum atomic E-state index is 11.3. The molecule has 1 fully saturated rings. The second-order valence-corrected chi connectivity index (χ2v) is 5.54. The number of hydrogen-bond donors (Lipinski definition) is 2. The Hall–Kier alpha value is -1.61. The monoisotopic (exact) mass is 339 g/mol. The summed E-state index contributed by atoms with van der Waals surface area (Å²) in [6.07, 6.45) is -2.85. The molecule has 9 heteroatoms. The van der Waals surface area contributed by atoms with E-state index < -0.39 is 24.2 Å². The lowest BCUT2D eigenvalue weighted by Gasteiger charge is -2.23. The van der Waals surface area contributed by atoms with Gasteiger partial charge < -0.3 is 10.2 Å². The average molecular weight is 339 g/mol. The molecule has 0 aliphatic carbocycles. The zero-order valence-corrected chi connectivity index (χ0v) is 12.6. The molecular formula is C13H16F3NO4S. The summed E-state index contributed by atoms with van der Waals surface area (Å²) in [5.41, 5.74) is 2.06. The Bertz CT molecular complexity index is 524. The van der Waals surface area contributed by atoms with Gasteiger partial charge in [0.2, 0.25) is 0 Å². The molecule has 1 atom stereocenters. The van der Waals surface area contributed by atoms with E-state index in [-0.39, 0.29) is 0 Å². The Morgan fingerprint density at radius 1 is 1.23 bits per heavy atom. The van der Waals surface area contributed by atoms with Crippen LogP contribution in [0.5, 0.6) is 0 Å². The molecule has 0 aromatic carbocycles. The first-order valence-corrected chi connectivity index (χ1v) is 7.38. The highest BCUT2D eigenvalue weighted by Crippen LogP contribution is 2.29. The molecule has 1 aromatic rings. The highest BCUT2D eigenvalue weighted by molar-refractivity contribution is 7.08. The van der Waals surface area contributed by atoms with Crippen LogP contribution in [0.15, 0.2) is 10.8 Å². The molecule has 0 spiro atoms. The van der Waals surface area contributed by atoms with Crippen molar-refractivity contribution in [1.29, 1.82) is 0 Å². The number of alkyl halides is 3. The first kappa shape index (κ1) is 18.4. The first-order valence-electron chi connectivity index (χ1n) is 6.44. The number of aliphatic carboxylic acids is 2. The summed E-state index contributed by atoms with van der Waals surface area (Å²) < 4.78 is 31.7. The molecule has 2 N–H and O–H groups in total. The highest BCUT2D eigenvalue weighted by atomic mass is 32.1. The van der Waals surface area contributed by atoms with Gasteiger partial charge in [-0.1, -0.05) is 0 Å². The van der Waals surface area contributed by atoms with E-state index in [1.807, 2.05) is 17.7 Å². The van der Waals surface area contributed by atoms with Crippen molar-refractivity contribution in [2.45, 2.75) is 32.0 Å². The van der Waals surface area contributed by atoms with E-state index in [4.69, 9.17) is 9.90 Å². The van der Waals surface area contributed by atoms with Crippen LogP contribution in [0.4, 0.5) is 13.2 Å². The number of halogens is 3. The average Bonchev–Trinajstić information content (AvgIpc) is 3.02. The topological polar surface area (TPSA) is 77.8 Å². The van der Waals surface area contributed by atoms with Crippen LogP contribution in [0.3, 0.4) is 0 Å². The first-order chi connectivity index (χ1) is 10.1.